The third-order valence-corrected chi connectivity index (χ3v) is 2.82. The smallest absolute Gasteiger partial charge is 0.310 e. The number of ether oxygens (including phenoxy) is 1. The van der Waals surface area contributed by atoms with Crippen molar-refractivity contribution in [2.45, 2.75) is 52.1 Å². The molecule has 0 bridgehead atoms. The summed E-state index contributed by atoms with van der Waals surface area (Å²) in [4.78, 5) is 22.6. The van der Waals surface area contributed by atoms with E-state index >= 15 is 0 Å². The fourth-order valence-electron chi connectivity index (χ4n) is 1.85. The normalized spacial score (nSPS) is 18.7. The van der Waals surface area contributed by atoms with Gasteiger partial charge in [0.15, 0.2) is 0 Å². The van der Waals surface area contributed by atoms with Gasteiger partial charge in [0.05, 0.1) is 12.3 Å². The second-order valence-electron chi connectivity index (χ2n) is 5.43. The summed E-state index contributed by atoms with van der Waals surface area (Å²) in [5, 5.41) is 8.79. The molecule has 0 unspecified atom stereocenters. The number of hydrogen-bond donors (Lipinski definition) is 1. The van der Waals surface area contributed by atoms with Gasteiger partial charge in [-0.25, -0.2) is 0 Å². The molecular formula is C12H20O4. The molecule has 1 saturated carbocycles. The molecule has 1 N–H and O–H groups in total. The zero-order valence-corrected chi connectivity index (χ0v) is 10.2. The van der Waals surface area contributed by atoms with Crippen LogP contribution in [0.15, 0.2) is 0 Å². The summed E-state index contributed by atoms with van der Waals surface area (Å²) < 4.78 is 5.26. The minimum Gasteiger partial charge on any atom is -0.481 e. The number of esters is 1. The number of aliphatic carboxylic acids is 1. The van der Waals surface area contributed by atoms with Crippen LogP contribution in [0.4, 0.5) is 0 Å². The number of carbonyl (C=O) groups excluding carboxylic acids is 1. The standard InChI is InChI=1S/C12H20O4/c1-12(2,3)16-11(15)9(7-10(13)14)8-5-4-6-8/h8-9H,4-7H2,1-3H3,(H,13,14)/t9-/m0/s1. The second-order valence-corrected chi connectivity index (χ2v) is 5.43. The molecule has 1 rings (SSSR count). The Morgan fingerprint density at radius 3 is 2.25 bits per heavy atom. The van der Waals surface area contributed by atoms with E-state index in [0.29, 0.717) is 0 Å². The minimum absolute atomic E-state index is 0.112. The summed E-state index contributed by atoms with van der Waals surface area (Å²) >= 11 is 0. The highest BCUT2D eigenvalue weighted by atomic mass is 16.6. The Labute approximate surface area is 96.0 Å². The largest absolute Gasteiger partial charge is 0.481 e. The molecular weight excluding hydrogens is 208 g/mol. The molecule has 1 aliphatic rings. The van der Waals surface area contributed by atoms with E-state index in [2.05, 4.69) is 0 Å². The van der Waals surface area contributed by atoms with Crippen LogP contribution >= 0.6 is 0 Å². The maximum atomic E-state index is 11.8. The van der Waals surface area contributed by atoms with Crippen LogP contribution < -0.4 is 0 Å². The number of rotatable bonds is 4. The summed E-state index contributed by atoms with van der Waals surface area (Å²) in [7, 11) is 0. The molecule has 16 heavy (non-hydrogen) atoms. The molecule has 0 amide bonds. The SMILES string of the molecule is CC(C)(C)OC(=O)[C@@H](CC(=O)O)C1CCC1. The van der Waals surface area contributed by atoms with E-state index in [4.69, 9.17) is 9.84 Å². The average Bonchev–Trinajstić information content (AvgIpc) is 1.95. The molecule has 4 nitrogen and oxygen atoms in total. The maximum absolute atomic E-state index is 11.8. The lowest BCUT2D eigenvalue weighted by molar-refractivity contribution is -0.166. The molecule has 1 fully saturated rings. The number of hydrogen-bond acceptors (Lipinski definition) is 3. The van der Waals surface area contributed by atoms with E-state index < -0.39 is 17.5 Å². The molecule has 0 saturated heterocycles. The minimum atomic E-state index is -0.928. The zero-order chi connectivity index (χ0) is 12.3. The molecule has 1 aliphatic carbocycles. The summed E-state index contributed by atoms with van der Waals surface area (Å²) in [6.07, 6.45) is 2.86. The van der Waals surface area contributed by atoms with Crippen molar-refractivity contribution in [2.75, 3.05) is 0 Å². The van der Waals surface area contributed by atoms with E-state index in [-0.39, 0.29) is 18.3 Å². The van der Waals surface area contributed by atoms with Crippen LogP contribution in [0.5, 0.6) is 0 Å². The van der Waals surface area contributed by atoms with Gasteiger partial charge < -0.3 is 9.84 Å². The second kappa shape index (κ2) is 4.85. The van der Waals surface area contributed by atoms with Gasteiger partial charge >= 0.3 is 11.9 Å². The van der Waals surface area contributed by atoms with Crippen molar-refractivity contribution in [1.29, 1.82) is 0 Å². The quantitative estimate of drug-likeness (QED) is 0.749. The van der Waals surface area contributed by atoms with Gasteiger partial charge in [0.1, 0.15) is 5.60 Å². The average molecular weight is 228 g/mol. The Kier molecular flexibility index (Phi) is 3.94. The first-order valence-electron chi connectivity index (χ1n) is 5.74. The number of carbonyl (C=O) groups is 2. The summed E-state index contributed by atoms with van der Waals surface area (Å²) in [6.45, 7) is 5.39. The third kappa shape index (κ3) is 3.83. The van der Waals surface area contributed by atoms with Crippen LogP contribution in [0.2, 0.25) is 0 Å². The van der Waals surface area contributed by atoms with Crippen molar-refractivity contribution < 1.29 is 19.4 Å². The first kappa shape index (κ1) is 13.0. The molecule has 0 radical (unpaired) electrons. The van der Waals surface area contributed by atoms with Gasteiger partial charge in [-0.2, -0.15) is 0 Å². The maximum Gasteiger partial charge on any atom is 0.310 e. The van der Waals surface area contributed by atoms with Crippen LogP contribution in [0, 0.1) is 11.8 Å². The van der Waals surface area contributed by atoms with Crippen LogP contribution in [0.3, 0.4) is 0 Å². The van der Waals surface area contributed by atoms with Gasteiger partial charge in [0, 0.05) is 0 Å². The lowest BCUT2D eigenvalue weighted by Crippen LogP contribution is -2.36. The van der Waals surface area contributed by atoms with Crippen LogP contribution in [0.25, 0.3) is 0 Å². The number of carboxylic acid groups (broad SMARTS) is 1. The highest BCUT2D eigenvalue weighted by molar-refractivity contribution is 5.79. The summed E-state index contributed by atoms with van der Waals surface area (Å²) in [5.41, 5.74) is -0.544. The summed E-state index contributed by atoms with van der Waals surface area (Å²) in [6, 6.07) is 0. The Balaban J connectivity index is 2.60. The summed E-state index contributed by atoms with van der Waals surface area (Å²) in [5.74, 6) is -1.56. The van der Waals surface area contributed by atoms with Gasteiger partial charge in [-0.3, -0.25) is 9.59 Å². The van der Waals surface area contributed by atoms with Gasteiger partial charge in [0.2, 0.25) is 0 Å². The monoisotopic (exact) mass is 228 g/mol. The van der Waals surface area contributed by atoms with Gasteiger partial charge in [0.25, 0.3) is 0 Å². The van der Waals surface area contributed by atoms with Crippen molar-refractivity contribution in [3.8, 4) is 0 Å². The molecule has 0 aromatic rings. The first-order valence-corrected chi connectivity index (χ1v) is 5.74. The Morgan fingerprint density at radius 2 is 1.94 bits per heavy atom. The molecule has 1 atom stereocenters. The molecule has 0 aromatic heterocycles. The van der Waals surface area contributed by atoms with Gasteiger partial charge in [-0.1, -0.05) is 6.42 Å². The van der Waals surface area contributed by atoms with Crippen molar-refractivity contribution in [2.24, 2.45) is 11.8 Å². The Morgan fingerprint density at radius 1 is 1.38 bits per heavy atom. The van der Waals surface area contributed by atoms with Crippen molar-refractivity contribution >= 4 is 11.9 Å². The first-order chi connectivity index (χ1) is 7.29. The molecule has 92 valence electrons. The fraction of sp³-hybridized carbons (Fsp3) is 0.833. The highest BCUT2D eigenvalue weighted by Gasteiger charge is 2.36. The molecule has 4 heteroatoms. The van der Waals surface area contributed by atoms with Crippen LogP contribution in [-0.4, -0.2) is 22.6 Å². The van der Waals surface area contributed by atoms with Gasteiger partial charge in [-0.05, 0) is 39.5 Å². The van der Waals surface area contributed by atoms with Crippen molar-refractivity contribution in [3.63, 3.8) is 0 Å². The Hall–Kier alpha value is -1.06. The van der Waals surface area contributed by atoms with E-state index in [1.54, 1.807) is 20.8 Å². The lowest BCUT2D eigenvalue weighted by atomic mass is 9.74. The van der Waals surface area contributed by atoms with Crippen LogP contribution in [-0.2, 0) is 14.3 Å². The molecule has 0 aromatic carbocycles. The van der Waals surface area contributed by atoms with Crippen LogP contribution in [0.1, 0.15) is 46.5 Å². The van der Waals surface area contributed by atoms with E-state index in [1.807, 2.05) is 0 Å². The fourth-order valence-corrected chi connectivity index (χ4v) is 1.85. The third-order valence-electron chi connectivity index (χ3n) is 2.82. The van der Waals surface area contributed by atoms with Gasteiger partial charge in [-0.15, -0.1) is 0 Å². The van der Waals surface area contributed by atoms with E-state index in [0.717, 1.165) is 19.3 Å². The predicted molar refractivity (Wildman–Crippen MR) is 58.9 cm³/mol. The lowest BCUT2D eigenvalue weighted by Gasteiger charge is -2.33. The topological polar surface area (TPSA) is 63.6 Å². The molecule has 0 aliphatic heterocycles. The zero-order valence-electron chi connectivity index (χ0n) is 10.2. The van der Waals surface area contributed by atoms with E-state index in [9.17, 15) is 9.59 Å². The molecule has 0 heterocycles. The molecule has 0 spiro atoms. The van der Waals surface area contributed by atoms with Crippen molar-refractivity contribution in [1.82, 2.24) is 0 Å². The number of carboxylic acids is 1. The predicted octanol–water partition coefficient (Wildman–Crippen LogP) is 2.22. The Bertz CT molecular complexity index is 273. The van der Waals surface area contributed by atoms with Crippen molar-refractivity contribution in [3.05, 3.63) is 0 Å². The highest BCUT2D eigenvalue weighted by Crippen LogP contribution is 2.36. The van der Waals surface area contributed by atoms with E-state index in [1.165, 1.54) is 0 Å².